The number of anilines is 2. The van der Waals surface area contributed by atoms with Crippen LogP contribution in [0, 0.1) is 0 Å². The number of nitrogens with zero attached hydrogens (tertiary/aromatic N) is 2. The first kappa shape index (κ1) is 30.9. The maximum Gasteiger partial charge on any atom is 1.00 e. The Labute approximate surface area is 229 Å². The van der Waals surface area contributed by atoms with Gasteiger partial charge in [-0.3, -0.25) is 13.4 Å². The van der Waals surface area contributed by atoms with Gasteiger partial charge in [-0.2, -0.15) is 5.11 Å². The molecule has 158 valence electrons. The minimum Gasteiger partial charge on any atom is -0.768 e. The van der Waals surface area contributed by atoms with E-state index < -0.39 is 20.9 Å². The molecule has 0 radical (unpaired) electrons. The predicted molar refractivity (Wildman–Crippen MR) is 101 cm³/mol. The van der Waals surface area contributed by atoms with Crippen LogP contribution in [0.2, 0.25) is 0 Å². The van der Waals surface area contributed by atoms with Crippen molar-refractivity contribution in [3.8, 4) is 0 Å². The number of rotatable bonds is 10. The summed E-state index contributed by atoms with van der Waals surface area (Å²) in [6.45, 7) is -0.238. The van der Waals surface area contributed by atoms with Gasteiger partial charge in [0.15, 0.2) is 22.2 Å². The second-order valence-electron chi connectivity index (χ2n) is 5.22. The van der Waals surface area contributed by atoms with Gasteiger partial charge in [-0.15, -0.1) is 9.45 Å². The normalized spacial score (nSPS) is 12.2. The molecule has 0 bridgehead atoms. The van der Waals surface area contributed by atoms with E-state index in [2.05, 4.69) is 23.8 Å². The van der Waals surface area contributed by atoms with Gasteiger partial charge in [0.1, 0.15) is 5.69 Å². The van der Waals surface area contributed by atoms with Crippen LogP contribution in [0.15, 0.2) is 56.4 Å². The molecule has 0 heterocycles. The minimum atomic E-state index is -3.65. The Morgan fingerprint density at radius 1 is 1.06 bits per heavy atom. The number of hydrogen-bond donors (Lipinski definition) is 2. The molecule has 2 aromatic carbocycles. The summed E-state index contributed by atoms with van der Waals surface area (Å²) in [7, 11) is -3.65. The summed E-state index contributed by atoms with van der Waals surface area (Å²) in [5.41, 5.74) is 11.8. The van der Waals surface area contributed by atoms with E-state index in [0.29, 0.717) is 5.69 Å². The van der Waals surface area contributed by atoms with E-state index in [4.69, 9.17) is 11.5 Å². The Morgan fingerprint density at radius 3 is 2.29 bits per heavy atom. The predicted octanol–water partition coefficient (Wildman–Crippen LogP) is -4.91. The molecule has 0 spiro atoms. The van der Waals surface area contributed by atoms with Crippen LogP contribution in [0.4, 0.5) is 22.7 Å². The van der Waals surface area contributed by atoms with Crippen LogP contribution in [-0.2, 0) is 34.5 Å². The molecule has 1 atom stereocenters. The largest absolute Gasteiger partial charge is 1.00 e. The monoisotopic (exact) mass is 508 g/mol. The Kier molecular flexibility index (Phi) is 14.9. The van der Waals surface area contributed by atoms with Gasteiger partial charge in [0.05, 0.1) is 33.5 Å². The quantitative estimate of drug-likeness (QED) is 0.0455. The molecule has 2 rings (SSSR count). The Bertz CT molecular complexity index is 1010. The molecule has 0 aliphatic rings. The van der Waals surface area contributed by atoms with Gasteiger partial charge in [-0.1, -0.05) is 0 Å². The van der Waals surface area contributed by atoms with Crippen molar-refractivity contribution in [1.29, 1.82) is 0 Å². The van der Waals surface area contributed by atoms with E-state index in [0.717, 1.165) is 0 Å². The van der Waals surface area contributed by atoms with Gasteiger partial charge < -0.3 is 21.3 Å². The first-order chi connectivity index (χ1) is 13.7. The molecule has 0 saturated heterocycles. The van der Waals surface area contributed by atoms with E-state index in [-0.39, 0.29) is 111 Å². The topological polar surface area (TPSA) is 202 Å². The summed E-state index contributed by atoms with van der Waals surface area (Å²) in [4.78, 5) is -0.149. The van der Waals surface area contributed by atoms with Crippen LogP contribution in [0.1, 0.15) is 0 Å². The zero-order valence-corrected chi connectivity index (χ0v) is 22.9. The zero-order chi connectivity index (χ0) is 21.4. The molecule has 17 heteroatoms. The average molecular weight is 508 g/mol. The van der Waals surface area contributed by atoms with Crippen molar-refractivity contribution in [2.45, 2.75) is 9.79 Å². The van der Waals surface area contributed by atoms with Crippen molar-refractivity contribution in [3.63, 3.8) is 0 Å². The van der Waals surface area contributed by atoms with Gasteiger partial charge in [-0.25, -0.2) is 8.42 Å². The number of azo groups is 1. The molecule has 2 aromatic rings. The molecular formula is C14H14N4Na2O8S3. The summed E-state index contributed by atoms with van der Waals surface area (Å²) in [5.74, 6) is -0.361. The summed E-state index contributed by atoms with van der Waals surface area (Å²) < 4.78 is 55.1. The van der Waals surface area contributed by atoms with E-state index in [1.807, 2.05) is 0 Å². The molecule has 0 aromatic heterocycles. The molecule has 0 fully saturated rings. The molecular weight excluding hydrogens is 494 g/mol. The van der Waals surface area contributed by atoms with Crippen LogP contribution in [0.3, 0.4) is 0 Å². The van der Waals surface area contributed by atoms with Crippen molar-refractivity contribution in [2.75, 3.05) is 23.8 Å². The first-order valence-corrected chi connectivity index (χ1v) is 10.9. The fraction of sp³-hybridized carbons (Fsp3) is 0.143. The maximum absolute atomic E-state index is 12.2. The maximum atomic E-state index is 12.2. The van der Waals surface area contributed by atoms with Gasteiger partial charge in [0.2, 0.25) is 0 Å². The molecule has 0 aliphatic carbocycles. The molecule has 4 N–H and O–H groups in total. The van der Waals surface area contributed by atoms with E-state index >= 15 is 0 Å². The smallest absolute Gasteiger partial charge is 0.768 e. The number of nitrogen functional groups attached to an aromatic ring is 2. The first-order valence-electron chi connectivity index (χ1n) is 7.52. The summed E-state index contributed by atoms with van der Waals surface area (Å²) in [6, 6.07) is 7.87. The third-order valence-corrected chi connectivity index (χ3v) is 6.13. The Hall–Kier alpha value is -0.110. The molecule has 0 aliphatic heterocycles. The van der Waals surface area contributed by atoms with Crippen molar-refractivity contribution in [2.24, 2.45) is 10.2 Å². The second kappa shape index (κ2) is 14.9. The molecule has 0 amide bonds. The van der Waals surface area contributed by atoms with Gasteiger partial charge >= 0.3 is 59.1 Å². The second-order valence-corrected chi connectivity index (χ2v) is 8.75. The van der Waals surface area contributed by atoms with Crippen molar-refractivity contribution in [1.82, 2.24) is 0 Å². The summed E-state index contributed by atoms with van der Waals surface area (Å²) in [5, 5.41) is 20.4. The third-order valence-electron chi connectivity index (χ3n) is 3.35. The van der Waals surface area contributed by atoms with Gasteiger partial charge in [0, 0.05) is 5.69 Å². The average Bonchev–Trinajstić information content (AvgIpc) is 2.67. The number of benzene rings is 2. The summed E-state index contributed by atoms with van der Waals surface area (Å²) >= 11 is -2.35. The van der Waals surface area contributed by atoms with Crippen LogP contribution < -0.4 is 75.8 Å². The third kappa shape index (κ3) is 9.73. The van der Waals surface area contributed by atoms with Crippen LogP contribution in [-0.4, -0.2) is 29.5 Å². The van der Waals surface area contributed by atoms with E-state index in [9.17, 15) is 22.4 Å². The SMILES string of the molecule is Nc1cc(N)c(S(=O)[O-])cc1N=Nc1ccc(S(=O)(=O)CCOSOO[O-])cc1.[Na+].[Na+]. The van der Waals surface area contributed by atoms with Crippen LogP contribution in [0.25, 0.3) is 0 Å². The summed E-state index contributed by atoms with van der Waals surface area (Å²) in [6.07, 6.45) is 0. The Balaban J connectivity index is 0.00000450. The molecule has 12 nitrogen and oxygen atoms in total. The molecule has 1 unspecified atom stereocenters. The fourth-order valence-corrected chi connectivity index (χ4v) is 3.86. The standard InChI is InChI=1S/C14H16N4O8S3.2Na/c15-11-7-12(16)14(28(20)21)8-13(11)18-17-9-1-3-10(4-2-9)29(22,23)6-5-24-27-26-25-19;;/h1-4,7-8,19H,5-6,15-16H2,(H,20,21);;/q;2*+1/p-2. The van der Waals surface area contributed by atoms with Crippen molar-refractivity contribution < 1.29 is 95.1 Å². The van der Waals surface area contributed by atoms with Crippen LogP contribution in [0.5, 0.6) is 0 Å². The number of sulfone groups is 1. The van der Waals surface area contributed by atoms with Crippen molar-refractivity contribution in [3.05, 3.63) is 36.4 Å². The molecule has 31 heavy (non-hydrogen) atoms. The zero-order valence-electron chi connectivity index (χ0n) is 16.4. The van der Waals surface area contributed by atoms with E-state index in [1.165, 1.54) is 36.4 Å². The fourth-order valence-electron chi connectivity index (χ4n) is 1.99. The molecule has 0 saturated carbocycles. The minimum absolute atomic E-state index is 0. The Morgan fingerprint density at radius 2 is 1.71 bits per heavy atom. The van der Waals surface area contributed by atoms with Gasteiger partial charge in [-0.05, 0) is 47.5 Å². The van der Waals surface area contributed by atoms with E-state index in [1.54, 1.807) is 0 Å². The van der Waals surface area contributed by atoms with Crippen molar-refractivity contribution >= 4 is 56.0 Å². The number of nitrogens with two attached hydrogens (primary N) is 2. The van der Waals surface area contributed by atoms with Gasteiger partial charge in [0.25, 0.3) is 0 Å². The van der Waals surface area contributed by atoms with Crippen LogP contribution >= 0.6 is 12.3 Å². The number of hydrogen-bond acceptors (Lipinski definition) is 13.